The minimum absolute atomic E-state index is 0.0301. The lowest BCUT2D eigenvalue weighted by Crippen LogP contribution is -2.30. The molecule has 122 valence electrons. The molecule has 1 heterocycles. The molecule has 1 aromatic heterocycles. The maximum atomic E-state index is 12.2. The summed E-state index contributed by atoms with van der Waals surface area (Å²) in [6.07, 6.45) is -0.180. The van der Waals surface area contributed by atoms with E-state index in [0.717, 1.165) is 5.56 Å². The van der Waals surface area contributed by atoms with Crippen molar-refractivity contribution in [1.29, 1.82) is 0 Å². The van der Waals surface area contributed by atoms with Crippen LogP contribution in [-0.4, -0.2) is 18.0 Å². The van der Waals surface area contributed by atoms with Gasteiger partial charge in [-0.15, -0.1) is 0 Å². The van der Waals surface area contributed by atoms with Gasteiger partial charge in [-0.25, -0.2) is 0 Å². The van der Waals surface area contributed by atoms with E-state index in [4.69, 9.17) is 20.8 Å². The van der Waals surface area contributed by atoms with Crippen LogP contribution in [0.2, 0.25) is 5.22 Å². The number of esters is 1. The summed E-state index contributed by atoms with van der Waals surface area (Å²) in [6, 6.07) is 11.7. The van der Waals surface area contributed by atoms with Gasteiger partial charge in [0.2, 0.25) is 0 Å². The van der Waals surface area contributed by atoms with Crippen LogP contribution < -0.4 is 5.32 Å². The Balaban J connectivity index is 2.13. The average Bonchev–Trinajstić information content (AvgIpc) is 2.93. The van der Waals surface area contributed by atoms with Gasteiger partial charge in [-0.1, -0.05) is 30.3 Å². The molecule has 1 unspecified atom stereocenters. The second kappa shape index (κ2) is 7.83. The fourth-order valence-electron chi connectivity index (χ4n) is 2.08. The summed E-state index contributed by atoms with van der Waals surface area (Å²) >= 11 is 5.68. The van der Waals surface area contributed by atoms with E-state index in [1.54, 1.807) is 13.8 Å². The molecule has 5 nitrogen and oxygen atoms in total. The van der Waals surface area contributed by atoms with Gasteiger partial charge < -0.3 is 14.5 Å². The number of rotatable bonds is 6. The minimum Gasteiger partial charge on any atom is -0.463 e. The molecule has 6 heteroatoms. The van der Waals surface area contributed by atoms with E-state index in [2.05, 4.69) is 5.32 Å². The highest BCUT2D eigenvalue weighted by atomic mass is 35.5. The van der Waals surface area contributed by atoms with Crippen LogP contribution in [0.15, 0.2) is 46.9 Å². The Bertz CT molecular complexity index is 666. The van der Waals surface area contributed by atoms with Crippen LogP contribution in [0, 0.1) is 0 Å². The van der Waals surface area contributed by atoms with Crippen LogP contribution in [-0.2, 0) is 9.53 Å². The summed E-state index contributed by atoms with van der Waals surface area (Å²) in [5, 5.41) is 2.91. The number of benzene rings is 1. The maximum absolute atomic E-state index is 12.2. The Morgan fingerprint density at radius 1 is 1.17 bits per heavy atom. The Labute approximate surface area is 139 Å². The third-order valence-corrected chi connectivity index (χ3v) is 3.25. The molecule has 2 rings (SSSR count). The van der Waals surface area contributed by atoms with Crippen LogP contribution in [0.25, 0.3) is 0 Å². The molecule has 0 radical (unpaired) electrons. The second-order valence-corrected chi connectivity index (χ2v) is 5.66. The molecule has 1 atom stereocenters. The van der Waals surface area contributed by atoms with E-state index in [-0.39, 0.29) is 29.5 Å². The number of carbonyl (C=O) groups is 2. The van der Waals surface area contributed by atoms with Crippen molar-refractivity contribution < 1.29 is 18.7 Å². The molecule has 2 aromatic rings. The number of furan rings is 1. The van der Waals surface area contributed by atoms with Gasteiger partial charge in [0.1, 0.15) is 0 Å². The van der Waals surface area contributed by atoms with Gasteiger partial charge in [0.05, 0.1) is 18.6 Å². The molecule has 1 N–H and O–H groups in total. The zero-order valence-corrected chi connectivity index (χ0v) is 13.7. The van der Waals surface area contributed by atoms with Crippen molar-refractivity contribution in [1.82, 2.24) is 5.32 Å². The lowest BCUT2D eigenvalue weighted by atomic mass is 10.0. The predicted octanol–water partition coefficient (Wildman–Crippen LogP) is 3.75. The van der Waals surface area contributed by atoms with Crippen molar-refractivity contribution in [3.8, 4) is 0 Å². The van der Waals surface area contributed by atoms with Crippen molar-refractivity contribution in [3.63, 3.8) is 0 Å². The zero-order chi connectivity index (χ0) is 16.8. The average molecular weight is 336 g/mol. The molecule has 23 heavy (non-hydrogen) atoms. The molecule has 0 spiro atoms. The smallest absolute Gasteiger partial charge is 0.308 e. The van der Waals surface area contributed by atoms with Gasteiger partial charge in [0, 0.05) is 0 Å². The summed E-state index contributed by atoms with van der Waals surface area (Å²) in [5.74, 6) is -0.733. The van der Waals surface area contributed by atoms with Gasteiger partial charge in [0.15, 0.2) is 11.0 Å². The first-order valence-corrected chi connectivity index (χ1v) is 7.64. The molecule has 0 aliphatic carbocycles. The number of amides is 1. The highest BCUT2D eigenvalue weighted by Gasteiger charge is 2.22. The molecule has 0 fully saturated rings. The molecular formula is C17H18ClNO4. The maximum Gasteiger partial charge on any atom is 0.308 e. The molecule has 0 bridgehead atoms. The topological polar surface area (TPSA) is 68.5 Å². The van der Waals surface area contributed by atoms with Gasteiger partial charge in [-0.2, -0.15) is 0 Å². The van der Waals surface area contributed by atoms with Crippen molar-refractivity contribution in [3.05, 3.63) is 59.0 Å². The standard InChI is InChI=1S/C17H18ClNO4/c1-11(2)22-16(20)10-13(12-6-4-3-5-7-12)19-17(21)14-8-9-15(18)23-14/h3-9,11,13H,10H2,1-2H3,(H,19,21). The van der Waals surface area contributed by atoms with Gasteiger partial charge in [0.25, 0.3) is 5.91 Å². The van der Waals surface area contributed by atoms with Crippen LogP contribution >= 0.6 is 11.6 Å². The van der Waals surface area contributed by atoms with E-state index in [1.165, 1.54) is 12.1 Å². The van der Waals surface area contributed by atoms with E-state index >= 15 is 0 Å². The van der Waals surface area contributed by atoms with Crippen LogP contribution in [0.5, 0.6) is 0 Å². The quantitative estimate of drug-likeness (QED) is 0.816. The molecular weight excluding hydrogens is 318 g/mol. The normalized spacial score (nSPS) is 12.0. The fourth-order valence-corrected chi connectivity index (χ4v) is 2.23. The first-order valence-electron chi connectivity index (χ1n) is 7.26. The Morgan fingerprint density at radius 3 is 2.43 bits per heavy atom. The second-order valence-electron chi connectivity index (χ2n) is 5.28. The number of carbonyl (C=O) groups excluding carboxylic acids is 2. The molecule has 1 amide bonds. The number of hydrogen-bond acceptors (Lipinski definition) is 4. The third-order valence-electron chi connectivity index (χ3n) is 3.04. The highest BCUT2D eigenvalue weighted by Crippen LogP contribution is 2.20. The van der Waals surface area contributed by atoms with E-state index in [0.29, 0.717) is 0 Å². The monoisotopic (exact) mass is 335 g/mol. The zero-order valence-electron chi connectivity index (χ0n) is 12.9. The van der Waals surface area contributed by atoms with Crippen molar-refractivity contribution in [2.24, 2.45) is 0 Å². The molecule has 0 saturated carbocycles. The molecule has 0 aliphatic rings. The summed E-state index contributed by atoms with van der Waals surface area (Å²) < 4.78 is 10.2. The van der Waals surface area contributed by atoms with E-state index < -0.39 is 11.9 Å². The number of hydrogen-bond donors (Lipinski definition) is 1. The Kier molecular flexibility index (Phi) is 5.82. The van der Waals surface area contributed by atoms with Crippen molar-refractivity contribution in [2.45, 2.75) is 32.4 Å². The lowest BCUT2D eigenvalue weighted by Gasteiger charge is -2.18. The summed E-state index contributed by atoms with van der Waals surface area (Å²) in [6.45, 7) is 3.55. The molecule has 0 aliphatic heterocycles. The minimum atomic E-state index is -0.515. The number of ether oxygens (including phenoxy) is 1. The van der Waals surface area contributed by atoms with Gasteiger partial charge in [-0.05, 0) is 43.1 Å². The summed E-state index contributed by atoms with van der Waals surface area (Å²) in [5.41, 5.74) is 0.805. The van der Waals surface area contributed by atoms with Gasteiger partial charge in [-0.3, -0.25) is 9.59 Å². The first-order chi connectivity index (χ1) is 11.0. The largest absolute Gasteiger partial charge is 0.463 e. The Morgan fingerprint density at radius 2 is 1.87 bits per heavy atom. The summed E-state index contributed by atoms with van der Waals surface area (Å²) in [7, 11) is 0. The first kappa shape index (κ1) is 17.1. The lowest BCUT2D eigenvalue weighted by molar-refractivity contribution is -0.147. The van der Waals surface area contributed by atoms with E-state index in [9.17, 15) is 9.59 Å². The highest BCUT2D eigenvalue weighted by molar-refractivity contribution is 6.29. The number of halogens is 1. The summed E-state index contributed by atoms with van der Waals surface area (Å²) in [4.78, 5) is 24.2. The SMILES string of the molecule is CC(C)OC(=O)CC(NC(=O)c1ccc(Cl)o1)c1ccccc1. The fraction of sp³-hybridized carbons (Fsp3) is 0.294. The van der Waals surface area contributed by atoms with Crippen LogP contribution in [0.4, 0.5) is 0 Å². The molecule has 0 saturated heterocycles. The third kappa shape index (κ3) is 5.14. The van der Waals surface area contributed by atoms with Crippen molar-refractivity contribution >= 4 is 23.5 Å². The van der Waals surface area contributed by atoms with Crippen molar-refractivity contribution in [2.75, 3.05) is 0 Å². The Hall–Kier alpha value is -2.27. The van der Waals surface area contributed by atoms with E-state index in [1.807, 2.05) is 30.3 Å². The predicted molar refractivity (Wildman–Crippen MR) is 86.2 cm³/mol. The van der Waals surface area contributed by atoms with Crippen LogP contribution in [0.1, 0.15) is 42.4 Å². The number of nitrogens with one attached hydrogen (secondary N) is 1. The molecule has 1 aromatic carbocycles. The van der Waals surface area contributed by atoms with Crippen LogP contribution in [0.3, 0.4) is 0 Å². The van der Waals surface area contributed by atoms with Gasteiger partial charge >= 0.3 is 5.97 Å².